The smallest absolute Gasteiger partial charge is 0.338 e. The third kappa shape index (κ3) is 3.68. The molecule has 2 rings (SSSR count). The van der Waals surface area contributed by atoms with Gasteiger partial charge in [0.25, 0.3) is 6.47 Å². The van der Waals surface area contributed by atoms with Crippen molar-refractivity contribution in [3.63, 3.8) is 0 Å². The molecule has 0 unspecified atom stereocenters. The van der Waals surface area contributed by atoms with Crippen molar-refractivity contribution in [3.05, 3.63) is 71.3 Å². The molecule has 2 aromatic rings. The maximum absolute atomic E-state index is 12.0. The molecule has 4 heteroatoms. The van der Waals surface area contributed by atoms with Gasteiger partial charge in [-0.25, -0.2) is 4.79 Å². The van der Waals surface area contributed by atoms with E-state index in [1.54, 1.807) is 24.3 Å². The third-order valence-electron chi connectivity index (χ3n) is 2.76. The molecule has 0 aromatic heterocycles. The first-order valence-corrected chi connectivity index (χ1v) is 6.15. The van der Waals surface area contributed by atoms with Crippen LogP contribution in [0.15, 0.2) is 54.6 Å². The largest absolute Gasteiger partial charge is 0.463 e. The van der Waals surface area contributed by atoms with Gasteiger partial charge in [-0.1, -0.05) is 48.5 Å². The highest BCUT2D eigenvalue weighted by molar-refractivity contribution is 5.91. The number of carbonyl (C=O) groups is 2. The van der Waals surface area contributed by atoms with Crippen LogP contribution < -0.4 is 0 Å². The van der Waals surface area contributed by atoms with Gasteiger partial charge in [0.15, 0.2) is 0 Å². The van der Waals surface area contributed by atoms with Crippen LogP contribution in [0.3, 0.4) is 0 Å². The van der Waals surface area contributed by atoms with E-state index in [4.69, 9.17) is 4.74 Å². The summed E-state index contributed by atoms with van der Waals surface area (Å²) in [4.78, 5) is 22.3. The van der Waals surface area contributed by atoms with Crippen LogP contribution in [0.5, 0.6) is 0 Å². The zero-order chi connectivity index (χ0) is 14.2. The summed E-state index contributed by atoms with van der Waals surface area (Å²) in [6.45, 7) is 0.620. The van der Waals surface area contributed by atoms with E-state index < -0.39 is 5.97 Å². The maximum atomic E-state index is 12.0. The molecule has 0 saturated heterocycles. The van der Waals surface area contributed by atoms with E-state index in [-0.39, 0.29) is 13.2 Å². The molecule has 2 aromatic carbocycles. The Morgan fingerprint density at radius 1 is 0.950 bits per heavy atom. The van der Waals surface area contributed by atoms with Crippen LogP contribution in [0.25, 0.3) is 0 Å². The lowest BCUT2D eigenvalue weighted by atomic mass is 10.1. The van der Waals surface area contributed by atoms with E-state index in [2.05, 4.69) is 4.74 Å². The van der Waals surface area contributed by atoms with Gasteiger partial charge in [0, 0.05) is 5.56 Å². The van der Waals surface area contributed by atoms with E-state index in [0.29, 0.717) is 17.6 Å². The summed E-state index contributed by atoms with van der Waals surface area (Å²) in [5.41, 5.74) is 1.95. The van der Waals surface area contributed by atoms with Crippen molar-refractivity contribution in [2.45, 2.75) is 13.2 Å². The molecule has 0 saturated carbocycles. The number of benzene rings is 2. The standard InChI is InChI=1S/C16H14O4/c17-12-19-11-14-8-4-5-9-15(14)16(18)20-10-13-6-2-1-3-7-13/h1-9,12H,10-11H2. The van der Waals surface area contributed by atoms with Crippen LogP contribution in [-0.4, -0.2) is 12.4 Å². The van der Waals surface area contributed by atoms with E-state index in [9.17, 15) is 9.59 Å². The molecule has 0 radical (unpaired) electrons. The van der Waals surface area contributed by atoms with Gasteiger partial charge in [-0.05, 0) is 11.6 Å². The van der Waals surface area contributed by atoms with Crippen LogP contribution in [0, 0.1) is 0 Å². The molecule has 0 N–H and O–H groups in total. The van der Waals surface area contributed by atoms with Gasteiger partial charge in [0.1, 0.15) is 13.2 Å². The quantitative estimate of drug-likeness (QED) is 0.598. The molecule has 0 aliphatic carbocycles. The molecule has 0 aliphatic rings. The summed E-state index contributed by atoms with van der Waals surface area (Å²) in [5.74, 6) is -0.432. The molecule has 0 bridgehead atoms. The second kappa shape index (κ2) is 7.09. The first-order valence-electron chi connectivity index (χ1n) is 6.15. The Morgan fingerprint density at radius 2 is 1.65 bits per heavy atom. The van der Waals surface area contributed by atoms with Crippen molar-refractivity contribution in [2.75, 3.05) is 0 Å². The maximum Gasteiger partial charge on any atom is 0.338 e. The van der Waals surface area contributed by atoms with E-state index in [1.807, 2.05) is 30.3 Å². The lowest BCUT2D eigenvalue weighted by Crippen LogP contribution is -2.09. The van der Waals surface area contributed by atoms with Crippen LogP contribution in [0.2, 0.25) is 0 Å². The highest BCUT2D eigenvalue weighted by Crippen LogP contribution is 2.12. The zero-order valence-corrected chi connectivity index (χ0v) is 10.8. The molecule has 4 nitrogen and oxygen atoms in total. The molecule has 0 amide bonds. The summed E-state index contributed by atoms with van der Waals surface area (Å²) < 4.78 is 9.94. The van der Waals surface area contributed by atoms with Gasteiger partial charge >= 0.3 is 5.97 Å². The molecular formula is C16H14O4. The number of esters is 1. The van der Waals surface area contributed by atoms with E-state index in [0.717, 1.165) is 5.56 Å². The molecular weight excluding hydrogens is 256 g/mol. The summed E-state index contributed by atoms with van der Waals surface area (Å²) in [7, 11) is 0. The number of rotatable bonds is 6. The van der Waals surface area contributed by atoms with Crippen LogP contribution in [-0.2, 0) is 27.5 Å². The van der Waals surface area contributed by atoms with Crippen molar-refractivity contribution < 1.29 is 19.1 Å². The fourth-order valence-electron chi connectivity index (χ4n) is 1.77. The molecule has 102 valence electrons. The summed E-state index contributed by atoms with van der Waals surface area (Å²) in [5, 5.41) is 0. The fraction of sp³-hybridized carbons (Fsp3) is 0.125. The second-order valence-electron chi connectivity index (χ2n) is 4.13. The Labute approximate surface area is 116 Å². The molecule has 20 heavy (non-hydrogen) atoms. The van der Waals surface area contributed by atoms with Gasteiger partial charge < -0.3 is 9.47 Å². The Bertz CT molecular complexity index is 578. The Kier molecular flexibility index (Phi) is 4.89. The third-order valence-corrected chi connectivity index (χ3v) is 2.76. The molecule has 0 spiro atoms. The highest BCUT2D eigenvalue weighted by atomic mass is 16.5. The van der Waals surface area contributed by atoms with Gasteiger partial charge in [-0.15, -0.1) is 0 Å². The number of hydrogen-bond donors (Lipinski definition) is 0. The van der Waals surface area contributed by atoms with Crippen molar-refractivity contribution in [1.29, 1.82) is 0 Å². The van der Waals surface area contributed by atoms with Gasteiger partial charge in [-0.2, -0.15) is 0 Å². The molecule has 0 fully saturated rings. The molecule has 0 heterocycles. The van der Waals surface area contributed by atoms with Crippen LogP contribution in [0.1, 0.15) is 21.5 Å². The van der Waals surface area contributed by atoms with Gasteiger partial charge in [-0.3, -0.25) is 4.79 Å². The van der Waals surface area contributed by atoms with Gasteiger partial charge in [0.2, 0.25) is 0 Å². The minimum absolute atomic E-state index is 0.0557. The highest BCUT2D eigenvalue weighted by Gasteiger charge is 2.12. The fourth-order valence-corrected chi connectivity index (χ4v) is 1.77. The number of ether oxygens (including phenoxy) is 2. The summed E-state index contributed by atoms with van der Waals surface area (Å²) in [6, 6.07) is 16.3. The number of hydrogen-bond acceptors (Lipinski definition) is 4. The monoisotopic (exact) mass is 270 g/mol. The SMILES string of the molecule is O=COCc1ccccc1C(=O)OCc1ccccc1. The van der Waals surface area contributed by atoms with Crippen molar-refractivity contribution in [1.82, 2.24) is 0 Å². The Balaban J connectivity index is 2.03. The topological polar surface area (TPSA) is 52.6 Å². The minimum atomic E-state index is -0.432. The summed E-state index contributed by atoms with van der Waals surface area (Å²) in [6.07, 6.45) is 0. The average Bonchev–Trinajstić information content (AvgIpc) is 2.52. The predicted octanol–water partition coefficient (Wildman–Crippen LogP) is 2.72. The first-order chi connectivity index (χ1) is 9.81. The van der Waals surface area contributed by atoms with E-state index >= 15 is 0 Å². The van der Waals surface area contributed by atoms with Crippen molar-refractivity contribution in [2.24, 2.45) is 0 Å². The lowest BCUT2D eigenvalue weighted by Gasteiger charge is -2.09. The van der Waals surface area contributed by atoms with Crippen molar-refractivity contribution in [3.8, 4) is 0 Å². The van der Waals surface area contributed by atoms with Crippen molar-refractivity contribution >= 4 is 12.4 Å². The molecule has 0 atom stereocenters. The van der Waals surface area contributed by atoms with Crippen LogP contribution >= 0.6 is 0 Å². The molecule has 0 aliphatic heterocycles. The lowest BCUT2D eigenvalue weighted by molar-refractivity contribution is -0.129. The summed E-state index contributed by atoms with van der Waals surface area (Å²) >= 11 is 0. The Hall–Kier alpha value is -2.62. The normalized spacial score (nSPS) is 9.80. The van der Waals surface area contributed by atoms with Gasteiger partial charge in [0.05, 0.1) is 5.56 Å². The average molecular weight is 270 g/mol. The number of carbonyl (C=O) groups excluding carboxylic acids is 2. The Morgan fingerprint density at radius 3 is 2.40 bits per heavy atom. The van der Waals surface area contributed by atoms with Crippen LogP contribution in [0.4, 0.5) is 0 Å². The van der Waals surface area contributed by atoms with E-state index in [1.165, 1.54) is 0 Å². The first kappa shape index (κ1) is 13.8. The second-order valence-corrected chi connectivity index (χ2v) is 4.13. The predicted molar refractivity (Wildman–Crippen MR) is 72.9 cm³/mol. The zero-order valence-electron chi connectivity index (χ0n) is 10.8. The minimum Gasteiger partial charge on any atom is -0.463 e.